The summed E-state index contributed by atoms with van der Waals surface area (Å²) >= 11 is 1.56. The van der Waals surface area contributed by atoms with Gasteiger partial charge in [-0.15, -0.1) is 11.3 Å². The van der Waals surface area contributed by atoms with Gasteiger partial charge in [0.15, 0.2) is 0 Å². The molecule has 2 amide bonds. The van der Waals surface area contributed by atoms with Crippen LogP contribution < -0.4 is 10.6 Å². The van der Waals surface area contributed by atoms with Crippen LogP contribution in [0.4, 0.5) is 4.79 Å². The Hall–Kier alpha value is -1.14. The number of nitrogens with one attached hydrogen (secondary N) is 2. The number of thiazole rings is 1. The van der Waals surface area contributed by atoms with Gasteiger partial charge < -0.3 is 15.7 Å². The lowest BCUT2D eigenvalue weighted by molar-refractivity contribution is 0.174. The van der Waals surface area contributed by atoms with Crippen LogP contribution >= 0.6 is 11.3 Å². The molecule has 0 unspecified atom stereocenters. The van der Waals surface area contributed by atoms with Gasteiger partial charge in [0.1, 0.15) is 0 Å². The zero-order valence-electron chi connectivity index (χ0n) is 11.2. The second-order valence-electron chi connectivity index (χ2n) is 5.09. The molecule has 5 nitrogen and oxygen atoms in total. The normalized spacial score (nSPS) is 23.1. The van der Waals surface area contributed by atoms with E-state index < -0.39 is 0 Å². The second-order valence-corrected chi connectivity index (χ2v) is 6.03. The summed E-state index contributed by atoms with van der Waals surface area (Å²) in [5.41, 5.74) is 2.77. The quantitative estimate of drug-likeness (QED) is 0.789. The molecule has 1 aromatic heterocycles. The van der Waals surface area contributed by atoms with Crippen LogP contribution in [0.2, 0.25) is 0 Å². The monoisotopic (exact) mass is 283 g/mol. The summed E-state index contributed by atoms with van der Waals surface area (Å²) in [4.78, 5) is 17.0. The zero-order chi connectivity index (χ0) is 13.7. The second kappa shape index (κ2) is 6.86. The number of rotatable bonds is 4. The topological polar surface area (TPSA) is 74.2 Å². The number of carbonyl (C=O) groups is 1. The average molecular weight is 283 g/mol. The van der Waals surface area contributed by atoms with Gasteiger partial charge in [-0.05, 0) is 38.5 Å². The molecule has 1 fully saturated rings. The molecule has 0 saturated heterocycles. The van der Waals surface area contributed by atoms with Crippen LogP contribution in [0.15, 0.2) is 5.51 Å². The third kappa shape index (κ3) is 4.18. The number of hydrogen-bond donors (Lipinski definition) is 3. The molecule has 0 spiro atoms. The highest BCUT2D eigenvalue weighted by Crippen LogP contribution is 2.23. The Morgan fingerprint density at radius 2 is 2.21 bits per heavy atom. The van der Waals surface area contributed by atoms with E-state index in [-0.39, 0.29) is 18.7 Å². The molecule has 3 N–H and O–H groups in total. The molecule has 1 saturated carbocycles. The standard InChI is InChI=1S/C13H21N3O2S/c1-9-12(19-8-15-9)6-14-13(18)16-11-4-2-10(7-17)3-5-11/h8,10-11,17H,2-7H2,1H3,(H2,14,16,18). The third-order valence-electron chi connectivity index (χ3n) is 3.69. The summed E-state index contributed by atoms with van der Waals surface area (Å²) in [5.74, 6) is 0.418. The first-order valence-electron chi connectivity index (χ1n) is 6.73. The Balaban J connectivity index is 1.69. The smallest absolute Gasteiger partial charge is 0.315 e. The van der Waals surface area contributed by atoms with Crippen molar-refractivity contribution in [3.05, 3.63) is 16.1 Å². The number of nitrogens with zero attached hydrogens (tertiary/aromatic N) is 1. The number of carbonyl (C=O) groups excluding carboxylic acids is 1. The van der Waals surface area contributed by atoms with E-state index >= 15 is 0 Å². The fourth-order valence-corrected chi connectivity index (χ4v) is 3.10. The predicted molar refractivity (Wildman–Crippen MR) is 75.1 cm³/mol. The summed E-state index contributed by atoms with van der Waals surface area (Å²) in [6, 6.07) is 0.130. The molecular weight excluding hydrogens is 262 g/mol. The zero-order valence-corrected chi connectivity index (χ0v) is 12.0. The van der Waals surface area contributed by atoms with Gasteiger partial charge >= 0.3 is 6.03 Å². The fourth-order valence-electron chi connectivity index (χ4n) is 2.38. The lowest BCUT2D eigenvalue weighted by Crippen LogP contribution is -2.43. The lowest BCUT2D eigenvalue weighted by atomic mass is 9.87. The minimum atomic E-state index is -0.111. The molecule has 106 valence electrons. The molecule has 0 bridgehead atoms. The highest BCUT2D eigenvalue weighted by Gasteiger charge is 2.21. The Bertz CT molecular complexity index is 414. The molecule has 1 aromatic rings. The van der Waals surface area contributed by atoms with Crippen LogP contribution in [0.1, 0.15) is 36.3 Å². The van der Waals surface area contributed by atoms with Gasteiger partial charge in [-0.25, -0.2) is 9.78 Å². The van der Waals surface area contributed by atoms with Crippen molar-refractivity contribution < 1.29 is 9.90 Å². The summed E-state index contributed by atoms with van der Waals surface area (Å²) in [6.07, 6.45) is 3.90. The largest absolute Gasteiger partial charge is 0.396 e. The first-order chi connectivity index (χ1) is 9.19. The summed E-state index contributed by atoms with van der Waals surface area (Å²) in [6.45, 7) is 2.75. The highest BCUT2D eigenvalue weighted by atomic mass is 32.1. The highest BCUT2D eigenvalue weighted by molar-refractivity contribution is 7.09. The van der Waals surface area contributed by atoms with E-state index in [0.29, 0.717) is 12.5 Å². The van der Waals surface area contributed by atoms with Crippen LogP contribution in [0.3, 0.4) is 0 Å². The maximum atomic E-state index is 11.8. The van der Waals surface area contributed by atoms with Crippen molar-refractivity contribution in [2.75, 3.05) is 6.61 Å². The maximum Gasteiger partial charge on any atom is 0.315 e. The van der Waals surface area contributed by atoms with Gasteiger partial charge in [-0.3, -0.25) is 0 Å². The lowest BCUT2D eigenvalue weighted by Gasteiger charge is -2.27. The average Bonchev–Trinajstić information content (AvgIpc) is 2.83. The number of amides is 2. The van der Waals surface area contributed by atoms with Crippen molar-refractivity contribution in [2.45, 2.75) is 45.2 Å². The minimum Gasteiger partial charge on any atom is -0.396 e. The van der Waals surface area contributed by atoms with Crippen LogP contribution in [0.25, 0.3) is 0 Å². The minimum absolute atomic E-state index is 0.111. The molecule has 1 heterocycles. The van der Waals surface area contributed by atoms with Gasteiger partial charge in [0.05, 0.1) is 17.7 Å². The molecular formula is C13H21N3O2S. The SMILES string of the molecule is Cc1ncsc1CNC(=O)NC1CCC(CO)CC1. The molecule has 0 atom stereocenters. The van der Waals surface area contributed by atoms with Crippen LogP contribution in [-0.2, 0) is 6.54 Å². The first-order valence-corrected chi connectivity index (χ1v) is 7.61. The number of aryl methyl sites for hydroxylation is 1. The van der Waals surface area contributed by atoms with Gasteiger partial charge in [0, 0.05) is 17.5 Å². The third-order valence-corrected chi connectivity index (χ3v) is 4.63. The number of hydrogen-bond acceptors (Lipinski definition) is 4. The Morgan fingerprint density at radius 3 is 2.79 bits per heavy atom. The number of aliphatic hydroxyl groups excluding tert-OH is 1. The van der Waals surface area contributed by atoms with Crippen molar-refractivity contribution in [1.82, 2.24) is 15.6 Å². The summed E-state index contributed by atoms with van der Waals surface area (Å²) in [7, 11) is 0. The molecule has 1 aliphatic carbocycles. The number of aromatic nitrogens is 1. The van der Waals surface area contributed by atoms with Gasteiger partial charge in [0.2, 0.25) is 0 Å². The molecule has 6 heteroatoms. The van der Waals surface area contributed by atoms with Crippen molar-refractivity contribution in [3.63, 3.8) is 0 Å². The molecule has 0 radical (unpaired) electrons. The van der Waals surface area contributed by atoms with Gasteiger partial charge in [-0.1, -0.05) is 0 Å². The van der Waals surface area contributed by atoms with E-state index in [1.165, 1.54) is 0 Å². The maximum absolute atomic E-state index is 11.8. The van der Waals surface area contributed by atoms with Crippen molar-refractivity contribution in [3.8, 4) is 0 Å². The van der Waals surface area contributed by atoms with Crippen LogP contribution in [0, 0.1) is 12.8 Å². The molecule has 19 heavy (non-hydrogen) atoms. The molecule has 2 rings (SSSR count). The predicted octanol–water partition coefficient (Wildman–Crippen LogP) is 1.80. The first kappa shape index (κ1) is 14.3. The Morgan fingerprint density at radius 1 is 1.47 bits per heavy atom. The molecule has 0 aliphatic heterocycles. The fraction of sp³-hybridized carbons (Fsp3) is 0.692. The number of urea groups is 1. The van der Waals surface area contributed by atoms with Gasteiger partial charge in [0.25, 0.3) is 0 Å². The van der Waals surface area contributed by atoms with Crippen molar-refractivity contribution in [1.29, 1.82) is 0 Å². The molecule has 0 aromatic carbocycles. The van der Waals surface area contributed by atoms with Gasteiger partial charge in [-0.2, -0.15) is 0 Å². The Kier molecular flexibility index (Phi) is 5.15. The van der Waals surface area contributed by atoms with E-state index in [0.717, 1.165) is 36.3 Å². The van der Waals surface area contributed by atoms with Crippen LogP contribution in [0.5, 0.6) is 0 Å². The van der Waals surface area contributed by atoms with E-state index in [9.17, 15) is 4.79 Å². The summed E-state index contributed by atoms with van der Waals surface area (Å²) in [5, 5.41) is 14.9. The van der Waals surface area contributed by atoms with Crippen molar-refractivity contribution >= 4 is 17.4 Å². The van der Waals surface area contributed by atoms with Crippen LogP contribution in [-0.4, -0.2) is 28.8 Å². The number of aliphatic hydroxyl groups is 1. The molecule has 1 aliphatic rings. The van der Waals surface area contributed by atoms with E-state index in [1.54, 1.807) is 16.8 Å². The van der Waals surface area contributed by atoms with E-state index in [2.05, 4.69) is 15.6 Å². The van der Waals surface area contributed by atoms with E-state index in [1.807, 2.05) is 6.92 Å². The van der Waals surface area contributed by atoms with Crippen molar-refractivity contribution in [2.24, 2.45) is 5.92 Å². The Labute approximate surface area is 117 Å². The van der Waals surface area contributed by atoms with E-state index in [4.69, 9.17) is 5.11 Å². The summed E-state index contributed by atoms with van der Waals surface area (Å²) < 4.78 is 0.